The third-order valence-electron chi connectivity index (χ3n) is 3.14. The van der Waals surface area contributed by atoms with Crippen molar-refractivity contribution in [1.29, 1.82) is 5.26 Å². The topological polar surface area (TPSA) is 73.5 Å². The van der Waals surface area contributed by atoms with Gasteiger partial charge in [0.25, 0.3) is 0 Å². The highest BCUT2D eigenvalue weighted by Gasteiger charge is 2.23. The Labute approximate surface area is 108 Å². The standard InChI is InChI=1S/C12H10BNO3S/c14-4-9-2-7(10-5-17-6-10)1-8-3-11(13(15)16)18-12(8)9/h1-3,10,15-16H,5-6H2. The molecule has 1 fully saturated rings. The Morgan fingerprint density at radius 3 is 2.67 bits per heavy atom. The van der Waals surface area contributed by atoms with Crippen molar-refractivity contribution >= 4 is 33.3 Å². The number of ether oxygens (including phenoxy) is 1. The first-order valence-corrected chi connectivity index (χ1v) is 6.42. The SMILES string of the molecule is N#Cc1cc(C2COC2)cc2cc(B(O)O)sc12. The van der Waals surface area contributed by atoms with E-state index in [2.05, 4.69) is 6.07 Å². The predicted molar refractivity (Wildman–Crippen MR) is 69.9 cm³/mol. The van der Waals surface area contributed by atoms with Crippen molar-refractivity contribution in [2.75, 3.05) is 13.2 Å². The molecule has 1 aromatic heterocycles. The van der Waals surface area contributed by atoms with Crippen LogP contribution in [0.2, 0.25) is 0 Å². The summed E-state index contributed by atoms with van der Waals surface area (Å²) in [5.74, 6) is 0.351. The molecule has 0 spiro atoms. The number of hydrogen-bond acceptors (Lipinski definition) is 5. The highest BCUT2D eigenvalue weighted by molar-refractivity contribution is 7.28. The van der Waals surface area contributed by atoms with E-state index in [1.54, 1.807) is 6.07 Å². The minimum atomic E-state index is -1.48. The first-order valence-electron chi connectivity index (χ1n) is 5.60. The van der Waals surface area contributed by atoms with E-state index in [1.165, 1.54) is 11.3 Å². The van der Waals surface area contributed by atoms with Gasteiger partial charge in [-0.3, -0.25) is 0 Å². The number of benzene rings is 1. The number of hydrogen-bond donors (Lipinski definition) is 2. The summed E-state index contributed by atoms with van der Waals surface area (Å²) >= 11 is 1.25. The molecule has 2 N–H and O–H groups in total. The zero-order chi connectivity index (χ0) is 12.7. The number of rotatable bonds is 2. The fourth-order valence-corrected chi connectivity index (χ4v) is 3.05. The van der Waals surface area contributed by atoms with Gasteiger partial charge in [0, 0.05) is 10.7 Å². The number of nitriles is 1. The van der Waals surface area contributed by atoms with Gasteiger partial charge in [0.2, 0.25) is 0 Å². The normalized spacial score (nSPS) is 15.4. The first-order chi connectivity index (χ1) is 8.69. The number of fused-ring (bicyclic) bond motifs is 1. The first kappa shape index (κ1) is 11.7. The Bertz CT molecular complexity index is 643. The molecule has 2 aromatic rings. The molecule has 0 amide bonds. The molecule has 18 heavy (non-hydrogen) atoms. The van der Waals surface area contributed by atoms with Crippen LogP contribution in [0.4, 0.5) is 0 Å². The highest BCUT2D eigenvalue weighted by atomic mass is 32.1. The van der Waals surface area contributed by atoms with Gasteiger partial charge in [-0.25, -0.2) is 0 Å². The summed E-state index contributed by atoms with van der Waals surface area (Å²) in [6.45, 7) is 1.38. The third kappa shape index (κ3) is 1.82. The summed E-state index contributed by atoms with van der Waals surface area (Å²) in [6, 6.07) is 7.78. The molecule has 1 saturated heterocycles. The Morgan fingerprint density at radius 1 is 1.33 bits per heavy atom. The third-order valence-corrected chi connectivity index (χ3v) is 4.37. The van der Waals surface area contributed by atoms with Crippen molar-refractivity contribution in [3.8, 4) is 6.07 Å². The lowest BCUT2D eigenvalue weighted by molar-refractivity contribution is 0.00847. The van der Waals surface area contributed by atoms with Gasteiger partial charge >= 0.3 is 7.12 Å². The van der Waals surface area contributed by atoms with Gasteiger partial charge in [-0.15, -0.1) is 11.3 Å². The quantitative estimate of drug-likeness (QED) is 0.773. The van der Waals surface area contributed by atoms with Crippen molar-refractivity contribution < 1.29 is 14.8 Å². The molecule has 0 aliphatic carbocycles. The van der Waals surface area contributed by atoms with Crippen LogP contribution in [0.5, 0.6) is 0 Å². The molecule has 1 aliphatic rings. The molecule has 2 heterocycles. The molecule has 1 aliphatic heterocycles. The van der Waals surface area contributed by atoms with Crippen LogP contribution in [0.15, 0.2) is 18.2 Å². The summed E-state index contributed by atoms with van der Waals surface area (Å²) in [5, 5.41) is 28.4. The van der Waals surface area contributed by atoms with Crippen LogP contribution in [-0.4, -0.2) is 30.4 Å². The summed E-state index contributed by atoms with van der Waals surface area (Å²) < 4.78 is 6.43. The van der Waals surface area contributed by atoms with E-state index in [1.807, 2.05) is 12.1 Å². The Kier molecular flexibility index (Phi) is 2.84. The minimum absolute atomic E-state index is 0.351. The van der Waals surface area contributed by atoms with E-state index < -0.39 is 7.12 Å². The van der Waals surface area contributed by atoms with Gasteiger partial charge in [-0.05, 0) is 29.1 Å². The molecule has 0 bridgehead atoms. The summed E-state index contributed by atoms with van der Waals surface area (Å²) in [7, 11) is -1.48. The van der Waals surface area contributed by atoms with Crippen LogP contribution in [0.1, 0.15) is 17.0 Å². The lowest BCUT2D eigenvalue weighted by Gasteiger charge is -2.26. The van der Waals surface area contributed by atoms with Crippen LogP contribution in [-0.2, 0) is 4.74 Å². The number of nitrogens with zero attached hydrogens (tertiary/aromatic N) is 1. The second-order valence-electron chi connectivity index (χ2n) is 4.36. The monoisotopic (exact) mass is 259 g/mol. The zero-order valence-electron chi connectivity index (χ0n) is 9.46. The van der Waals surface area contributed by atoms with Crippen molar-refractivity contribution in [3.05, 3.63) is 29.3 Å². The van der Waals surface area contributed by atoms with E-state index in [-0.39, 0.29) is 0 Å². The van der Waals surface area contributed by atoms with Gasteiger partial charge in [0.05, 0.1) is 23.5 Å². The Morgan fingerprint density at radius 2 is 2.11 bits per heavy atom. The second-order valence-corrected chi connectivity index (χ2v) is 5.44. The van der Waals surface area contributed by atoms with E-state index in [0.717, 1.165) is 15.6 Å². The molecule has 0 radical (unpaired) electrons. The molecule has 0 saturated carbocycles. The van der Waals surface area contributed by atoms with Crippen LogP contribution < -0.4 is 4.78 Å². The van der Waals surface area contributed by atoms with Crippen LogP contribution in [0.25, 0.3) is 10.1 Å². The summed E-state index contributed by atoms with van der Waals surface area (Å²) in [4.78, 5) is 0. The molecule has 90 valence electrons. The molecular formula is C12H10BNO3S. The molecule has 1 aromatic carbocycles. The smallest absolute Gasteiger partial charge is 0.423 e. The van der Waals surface area contributed by atoms with Crippen molar-refractivity contribution in [2.45, 2.75) is 5.92 Å². The minimum Gasteiger partial charge on any atom is -0.423 e. The average Bonchev–Trinajstić information content (AvgIpc) is 2.69. The van der Waals surface area contributed by atoms with Gasteiger partial charge in [-0.2, -0.15) is 5.26 Å². The van der Waals surface area contributed by atoms with E-state index in [9.17, 15) is 15.3 Å². The molecule has 4 nitrogen and oxygen atoms in total. The fourth-order valence-electron chi connectivity index (χ4n) is 2.07. The summed E-state index contributed by atoms with van der Waals surface area (Å²) in [6.07, 6.45) is 0. The molecule has 0 unspecified atom stereocenters. The maximum Gasteiger partial charge on any atom is 0.499 e. The average molecular weight is 259 g/mol. The van der Waals surface area contributed by atoms with Gasteiger partial charge in [0.15, 0.2) is 0 Å². The van der Waals surface area contributed by atoms with Crippen LogP contribution >= 0.6 is 11.3 Å². The van der Waals surface area contributed by atoms with Crippen molar-refractivity contribution in [1.82, 2.24) is 0 Å². The maximum absolute atomic E-state index is 9.19. The summed E-state index contributed by atoms with van der Waals surface area (Å²) in [5.41, 5.74) is 1.67. The second kappa shape index (κ2) is 4.37. The van der Waals surface area contributed by atoms with Crippen LogP contribution in [0, 0.1) is 11.3 Å². The highest BCUT2D eigenvalue weighted by Crippen LogP contribution is 2.31. The Balaban J connectivity index is 2.16. The van der Waals surface area contributed by atoms with Crippen LogP contribution in [0.3, 0.4) is 0 Å². The Hall–Kier alpha value is -1.39. The molecular weight excluding hydrogens is 249 g/mol. The molecule has 6 heteroatoms. The zero-order valence-corrected chi connectivity index (χ0v) is 10.3. The largest absolute Gasteiger partial charge is 0.499 e. The molecule has 3 rings (SSSR count). The van der Waals surface area contributed by atoms with E-state index >= 15 is 0 Å². The van der Waals surface area contributed by atoms with E-state index in [0.29, 0.717) is 29.5 Å². The van der Waals surface area contributed by atoms with Crippen molar-refractivity contribution in [3.63, 3.8) is 0 Å². The van der Waals surface area contributed by atoms with Gasteiger partial charge < -0.3 is 14.8 Å². The van der Waals surface area contributed by atoms with E-state index in [4.69, 9.17) is 4.74 Å². The predicted octanol–water partition coefficient (Wildman–Crippen LogP) is 0.567. The van der Waals surface area contributed by atoms with Gasteiger partial charge in [0.1, 0.15) is 6.07 Å². The number of thiophene rings is 1. The maximum atomic E-state index is 9.19. The van der Waals surface area contributed by atoms with Gasteiger partial charge in [-0.1, -0.05) is 0 Å². The lowest BCUT2D eigenvalue weighted by Crippen LogP contribution is -2.26. The molecule has 0 atom stereocenters. The van der Waals surface area contributed by atoms with Crippen molar-refractivity contribution in [2.24, 2.45) is 0 Å². The fraction of sp³-hybridized carbons (Fsp3) is 0.250. The lowest BCUT2D eigenvalue weighted by atomic mass is 9.88.